The van der Waals surface area contributed by atoms with Gasteiger partial charge in [0.05, 0.1) is 7.11 Å². The minimum atomic E-state index is 0.326. The van der Waals surface area contributed by atoms with Gasteiger partial charge >= 0.3 is 0 Å². The van der Waals surface area contributed by atoms with E-state index < -0.39 is 0 Å². The van der Waals surface area contributed by atoms with E-state index in [0.29, 0.717) is 6.04 Å². The van der Waals surface area contributed by atoms with E-state index in [1.54, 1.807) is 7.11 Å². The lowest BCUT2D eigenvalue weighted by Crippen LogP contribution is -2.30. The Bertz CT molecular complexity index is 603. The molecule has 2 nitrogen and oxygen atoms in total. The molecule has 0 fully saturated rings. The molecule has 0 aromatic heterocycles. The summed E-state index contributed by atoms with van der Waals surface area (Å²) in [6, 6.07) is 14.5. The third-order valence-electron chi connectivity index (χ3n) is 3.49. The van der Waals surface area contributed by atoms with E-state index in [4.69, 9.17) is 16.3 Å². The molecule has 112 valence electrons. The highest BCUT2D eigenvalue weighted by Gasteiger charge is 2.12. The summed E-state index contributed by atoms with van der Waals surface area (Å²) >= 11 is 9.61. The highest BCUT2D eigenvalue weighted by atomic mass is 79.9. The molecule has 1 atom stereocenters. The van der Waals surface area contributed by atoms with Gasteiger partial charge in [0.1, 0.15) is 5.75 Å². The van der Waals surface area contributed by atoms with Gasteiger partial charge in [-0.3, -0.25) is 0 Å². The Morgan fingerprint density at radius 1 is 1.19 bits per heavy atom. The molecule has 4 heteroatoms. The van der Waals surface area contributed by atoms with Gasteiger partial charge in [0.25, 0.3) is 0 Å². The third kappa shape index (κ3) is 4.73. The average Bonchev–Trinajstić information content (AvgIpc) is 2.47. The van der Waals surface area contributed by atoms with Crippen LogP contribution in [-0.2, 0) is 12.8 Å². The van der Waals surface area contributed by atoms with Crippen molar-refractivity contribution in [3.63, 3.8) is 0 Å². The molecule has 1 unspecified atom stereocenters. The highest BCUT2D eigenvalue weighted by Crippen LogP contribution is 2.24. The molecule has 0 spiro atoms. The molecule has 0 bridgehead atoms. The van der Waals surface area contributed by atoms with Crippen molar-refractivity contribution >= 4 is 27.5 Å². The normalized spacial score (nSPS) is 12.2. The zero-order valence-electron chi connectivity index (χ0n) is 12.2. The molecule has 0 aliphatic heterocycles. The Balaban J connectivity index is 2.14. The van der Waals surface area contributed by atoms with Crippen molar-refractivity contribution in [2.24, 2.45) is 0 Å². The van der Waals surface area contributed by atoms with Crippen LogP contribution in [0.1, 0.15) is 11.1 Å². The Labute approximate surface area is 139 Å². The SMILES string of the molecule is CNC(Cc1cccc(Br)c1)Cc1cc(Cl)ccc1OC. The molecule has 2 rings (SSSR count). The fourth-order valence-corrected chi connectivity index (χ4v) is 3.04. The van der Waals surface area contributed by atoms with Gasteiger partial charge in [-0.1, -0.05) is 39.7 Å². The lowest BCUT2D eigenvalue weighted by atomic mass is 9.98. The minimum absolute atomic E-state index is 0.326. The molecule has 0 amide bonds. The number of ether oxygens (including phenoxy) is 1. The van der Waals surface area contributed by atoms with Crippen molar-refractivity contribution in [3.05, 3.63) is 63.1 Å². The summed E-state index contributed by atoms with van der Waals surface area (Å²) in [7, 11) is 3.68. The molecular weight excluding hydrogens is 350 g/mol. The standard InChI is InChI=1S/C17H19BrClNO/c1-20-16(9-12-4-3-5-14(18)8-12)11-13-10-15(19)6-7-17(13)21-2/h3-8,10,16,20H,9,11H2,1-2H3. The smallest absolute Gasteiger partial charge is 0.122 e. The van der Waals surface area contributed by atoms with Gasteiger partial charge < -0.3 is 10.1 Å². The van der Waals surface area contributed by atoms with Crippen LogP contribution in [0, 0.1) is 0 Å². The van der Waals surface area contributed by atoms with E-state index in [9.17, 15) is 0 Å². The first-order chi connectivity index (χ1) is 10.1. The number of methoxy groups -OCH3 is 1. The van der Waals surface area contributed by atoms with E-state index in [-0.39, 0.29) is 0 Å². The topological polar surface area (TPSA) is 21.3 Å². The van der Waals surface area contributed by atoms with Gasteiger partial charge in [-0.05, 0) is 61.3 Å². The predicted octanol–water partition coefficient (Wildman–Crippen LogP) is 4.48. The van der Waals surface area contributed by atoms with E-state index in [1.165, 1.54) is 5.56 Å². The first-order valence-electron chi connectivity index (χ1n) is 6.86. The fourth-order valence-electron chi connectivity index (χ4n) is 2.40. The maximum Gasteiger partial charge on any atom is 0.122 e. The molecule has 2 aromatic rings. The monoisotopic (exact) mass is 367 g/mol. The molecule has 21 heavy (non-hydrogen) atoms. The molecule has 0 radical (unpaired) electrons. The summed E-state index contributed by atoms with van der Waals surface area (Å²) < 4.78 is 6.53. The molecule has 0 aliphatic carbocycles. The van der Waals surface area contributed by atoms with Gasteiger partial charge in [0.2, 0.25) is 0 Å². The highest BCUT2D eigenvalue weighted by molar-refractivity contribution is 9.10. The van der Waals surface area contributed by atoms with Gasteiger partial charge in [-0.25, -0.2) is 0 Å². The maximum atomic E-state index is 6.10. The van der Waals surface area contributed by atoms with Crippen molar-refractivity contribution in [2.45, 2.75) is 18.9 Å². The van der Waals surface area contributed by atoms with Crippen LogP contribution in [0.25, 0.3) is 0 Å². The quantitative estimate of drug-likeness (QED) is 0.811. The number of hydrogen-bond acceptors (Lipinski definition) is 2. The number of hydrogen-bond donors (Lipinski definition) is 1. The van der Waals surface area contributed by atoms with E-state index in [2.05, 4.69) is 39.4 Å². The molecule has 2 aromatic carbocycles. The summed E-state index contributed by atoms with van der Waals surface area (Å²) in [4.78, 5) is 0. The summed E-state index contributed by atoms with van der Waals surface area (Å²) in [5.41, 5.74) is 2.42. The van der Waals surface area contributed by atoms with Gasteiger partial charge in [-0.15, -0.1) is 0 Å². The number of rotatable bonds is 6. The molecule has 0 saturated heterocycles. The molecule has 1 N–H and O–H groups in total. The summed E-state index contributed by atoms with van der Waals surface area (Å²) in [5, 5.41) is 4.11. The largest absolute Gasteiger partial charge is 0.496 e. The Kier molecular flexibility index (Phi) is 6.09. The van der Waals surface area contributed by atoms with Crippen LogP contribution in [0.4, 0.5) is 0 Å². The summed E-state index contributed by atoms with van der Waals surface area (Å²) in [5.74, 6) is 0.883. The minimum Gasteiger partial charge on any atom is -0.496 e. The first-order valence-corrected chi connectivity index (χ1v) is 8.03. The number of benzene rings is 2. The van der Waals surface area contributed by atoms with Crippen molar-refractivity contribution in [1.82, 2.24) is 5.32 Å². The van der Waals surface area contributed by atoms with Crippen LogP contribution < -0.4 is 10.1 Å². The first kappa shape index (κ1) is 16.3. The zero-order chi connectivity index (χ0) is 15.2. The predicted molar refractivity (Wildman–Crippen MR) is 92.4 cm³/mol. The lowest BCUT2D eigenvalue weighted by molar-refractivity contribution is 0.406. The fraction of sp³-hybridized carbons (Fsp3) is 0.294. The third-order valence-corrected chi connectivity index (χ3v) is 4.22. The molecular formula is C17H19BrClNO. The molecule has 0 saturated carbocycles. The Morgan fingerprint density at radius 2 is 2.00 bits per heavy atom. The van der Waals surface area contributed by atoms with Crippen LogP contribution >= 0.6 is 27.5 Å². The van der Waals surface area contributed by atoms with E-state index in [0.717, 1.165) is 33.6 Å². The Hall–Kier alpha value is -1.03. The molecule has 0 aliphatic rings. The average molecular weight is 369 g/mol. The second-order valence-electron chi connectivity index (χ2n) is 4.98. The van der Waals surface area contributed by atoms with Crippen LogP contribution in [-0.4, -0.2) is 20.2 Å². The maximum absolute atomic E-state index is 6.10. The van der Waals surface area contributed by atoms with Gasteiger partial charge in [0, 0.05) is 15.5 Å². The second-order valence-corrected chi connectivity index (χ2v) is 6.33. The second kappa shape index (κ2) is 7.83. The van der Waals surface area contributed by atoms with Crippen LogP contribution in [0.15, 0.2) is 46.9 Å². The lowest BCUT2D eigenvalue weighted by Gasteiger charge is -2.18. The van der Waals surface area contributed by atoms with Crippen molar-refractivity contribution in [3.8, 4) is 5.75 Å². The van der Waals surface area contributed by atoms with Crippen LogP contribution in [0.5, 0.6) is 5.75 Å². The molecule has 0 heterocycles. The van der Waals surface area contributed by atoms with E-state index in [1.807, 2.05) is 31.3 Å². The van der Waals surface area contributed by atoms with Gasteiger partial charge in [-0.2, -0.15) is 0 Å². The zero-order valence-corrected chi connectivity index (χ0v) is 14.5. The summed E-state index contributed by atoms with van der Waals surface area (Å²) in [6.45, 7) is 0. The van der Waals surface area contributed by atoms with E-state index >= 15 is 0 Å². The number of nitrogens with one attached hydrogen (secondary N) is 1. The Morgan fingerprint density at radius 3 is 2.67 bits per heavy atom. The number of likely N-dealkylation sites (N-methyl/N-ethyl adjacent to an activating group) is 1. The number of halogens is 2. The van der Waals surface area contributed by atoms with Crippen molar-refractivity contribution in [1.29, 1.82) is 0 Å². The van der Waals surface area contributed by atoms with Crippen molar-refractivity contribution in [2.75, 3.05) is 14.2 Å². The van der Waals surface area contributed by atoms with Gasteiger partial charge in [0.15, 0.2) is 0 Å². The van der Waals surface area contributed by atoms with Crippen molar-refractivity contribution < 1.29 is 4.74 Å². The van der Waals surface area contributed by atoms with Crippen LogP contribution in [0.3, 0.4) is 0 Å². The van der Waals surface area contributed by atoms with Crippen LogP contribution in [0.2, 0.25) is 5.02 Å². The summed E-state index contributed by atoms with van der Waals surface area (Å²) in [6.07, 6.45) is 1.82.